The van der Waals surface area contributed by atoms with Gasteiger partial charge in [-0.05, 0) is 48.4 Å². The van der Waals surface area contributed by atoms with Crippen LogP contribution in [0.3, 0.4) is 0 Å². The van der Waals surface area contributed by atoms with Crippen molar-refractivity contribution in [2.24, 2.45) is 0 Å². The Morgan fingerprint density at radius 2 is 1.56 bits per heavy atom. The first-order valence-electron chi connectivity index (χ1n) is 10.1. The Labute approximate surface area is 194 Å². The lowest BCUT2D eigenvalue weighted by molar-refractivity contribution is -0.274. The molecule has 34 heavy (non-hydrogen) atoms. The van der Waals surface area contributed by atoms with E-state index in [1.165, 1.54) is 18.2 Å². The zero-order chi connectivity index (χ0) is 24.4. The molecule has 0 bridgehead atoms. The van der Waals surface area contributed by atoms with Gasteiger partial charge in [0, 0.05) is 35.0 Å². The highest BCUT2D eigenvalue weighted by Gasteiger charge is 2.31. The Morgan fingerprint density at radius 3 is 2.26 bits per heavy atom. The molecule has 0 saturated carbocycles. The van der Waals surface area contributed by atoms with Crippen LogP contribution in [-0.4, -0.2) is 24.7 Å². The number of benzene rings is 3. The van der Waals surface area contributed by atoms with Crippen molar-refractivity contribution in [1.82, 2.24) is 10.6 Å². The second-order valence-corrected chi connectivity index (χ2v) is 6.95. The van der Waals surface area contributed by atoms with Gasteiger partial charge in [-0.15, -0.1) is 13.2 Å². The molecule has 0 aromatic heterocycles. The number of anilines is 1. The Hall–Kier alpha value is -4.29. The van der Waals surface area contributed by atoms with Crippen LogP contribution in [-0.2, 0) is 11.3 Å². The van der Waals surface area contributed by atoms with E-state index >= 15 is 0 Å². The molecule has 0 aliphatic heterocycles. The summed E-state index contributed by atoms with van der Waals surface area (Å²) in [6.45, 7) is -0.101. The standard InChI is InChI=1S/C25H20F3N3O3/c26-25(27,28)34-22-9-5-4-8-20(22)16-29-17-23(32)31-21-12-10-18(11-13-21)14-15-30-24(33)19-6-2-1-3-7-19/h1-13,29H,16-17H2,(H,30,33)(H,31,32). The Morgan fingerprint density at radius 1 is 0.882 bits per heavy atom. The number of carbonyl (C=O) groups excluding carboxylic acids is 2. The van der Waals surface area contributed by atoms with Crippen LogP contribution in [0.15, 0.2) is 78.9 Å². The minimum absolute atomic E-state index is 0.0168. The van der Waals surface area contributed by atoms with Gasteiger partial charge in [0.15, 0.2) is 0 Å². The third-order valence-corrected chi connectivity index (χ3v) is 4.39. The summed E-state index contributed by atoms with van der Waals surface area (Å²) < 4.78 is 41.4. The zero-order valence-electron chi connectivity index (χ0n) is 17.8. The summed E-state index contributed by atoms with van der Waals surface area (Å²) in [5.74, 6) is 1.80. The fourth-order valence-corrected chi connectivity index (χ4v) is 2.85. The second kappa shape index (κ2) is 11.5. The van der Waals surface area contributed by atoms with E-state index in [1.807, 2.05) is 6.07 Å². The smallest absolute Gasteiger partial charge is 0.405 e. The largest absolute Gasteiger partial charge is 0.573 e. The van der Waals surface area contributed by atoms with Crippen LogP contribution in [0.2, 0.25) is 0 Å². The van der Waals surface area contributed by atoms with Crippen molar-refractivity contribution < 1.29 is 27.5 Å². The first-order chi connectivity index (χ1) is 16.3. The van der Waals surface area contributed by atoms with E-state index in [9.17, 15) is 22.8 Å². The SMILES string of the molecule is O=C(CNCc1ccccc1OC(F)(F)F)Nc1ccc(C#CNC(=O)c2ccccc2)cc1. The summed E-state index contributed by atoms with van der Waals surface area (Å²) in [6, 6.07) is 23.6. The quantitative estimate of drug-likeness (QED) is 0.362. The third kappa shape index (κ3) is 8.00. The van der Waals surface area contributed by atoms with Crippen molar-refractivity contribution in [1.29, 1.82) is 0 Å². The van der Waals surface area contributed by atoms with E-state index in [1.54, 1.807) is 54.6 Å². The predicted octanol–water partition coefficient (Wildman–Crippen LogP) is 4.05. The van der Waals surface area contributed by atoms with E-state index in [0.717, 1.165) is 0 Å². The number of hydrogen-bond donors (Lipinski definition) is 3. The van der Waals surface area contributed by atoms with Gasteiger partial charge < -0.3 is 15.4 Å². The van der Waals surface area contributed by atoms with Crippen LogP contribution in [0.5, 0.6) is 5.75 Å². The lowest BCUT2D eigenvalue weighted by Crippen LogP contribution is -2.28. The van der Waals surface area contributed by atoms with Crippen molar-refractivity contribution in [3.63, 3.8) is 0 Å². The van der Waals surface area contributed by atoms with Crippen molar-refractivity contribution in [2.75, 3.05) is 11.9 Å². The Bertz CT molecular complexity index is 1190. The highest BCUT2D eigenvalue weighted by atomic mass is 19.4. The van der Waals surface area contributed by atoms with E-state index in [2.05, 4.69) is 32.7 Å². The molecule has 6 nitrogen and oxygen atoms in total. The average Bonchev–Trinajstić information content (AvgIpc) is 2.81. The van der Waals surface area contributed by atoms with Crippen LogP contribution >= 0.6 is 0 Å². The van der Waals surface area contributed by atoms with E-state index < -0.39 is 6.36 Å². The van der Waals surface area contributed by atoms with Crippen LogP contribution in [0.4, 0.5) is 18.9 Å². The van der Waals surface area contributed by atoms with Gasteiger partial charge in [0.25, 0.3) is 5.91 Å². The first kappa shape index (κ1) is 24.4. The van der Waals surface area contributed by atoms with Gasteiger partial charge in [-0.1, -0.05) is 36.4 Å². The maximum Gasteiger partial charge on any atom is 0.573 e. The summed E-state index contributed by atoms with van der Waals surface area (Å²) in [5, 5.41) is 7.96. The minimum atomic E-state index is -4.79. The molecule has 0 aliphatic rings. The molecule has 3 rings (SSSR count). The molecule has 9 heteroatoms. The molecule has 3 aromatic carbocycles. The normalized spacial score (nSPS) is 10.6. The van der Waals surface area contributed by atoms with Gasteiger partial charge in [-0.25, -0.2) is 0 Å². The summed E-state index contributed by atoms with van der Waals surface area (Å²) in [5.41, 5.74) is 1.92. The molecule has 174 valence electrons. The summed E-state index contributed by atoms with van der Waals surface area (Å²) in [6.07, 6.45) is -4.79. The molecule has 0 heterocycles. The van der Waals surface area contributed by atoms with E-state index in [-0.39, 0.29) is 36.2 Å². The van der Waals surface area contributed by atoms with Crippen LogP contribution in [0, 0.1) is 12.0 Å². The highest BCUT2D eigenvalue weighted by molar-refractivity contribution is 5.95. The molecule has 2 amide bonds. The van der Waals surface area contributed by atoms with Crippen molar-refractivity contribution >= 4 is 17.5 Å². The van der Waals surface area contributed by atoms with Gasteiger partial charge in [0.2, 0.25) is 5.91 Å². The van der Waals surface area contributed by atoms with E-state index in [0.29, 0.717) is 16.8 Å². The van der Waals surface area contributed by atoms with Crippen molar-refractivity contribution in [3.05, 3.63) is 95.6 Å². The fraction of sp³-hybridized carbons (Fsp3) is 0.120. The Balaban J connectivity index is 1.45. The molecule has 0 fully saturated rings. The average molecular weight is 467 g/mol. The number of nitrogens with one attached hydrogen (secondary N) is 3. The zero-order valence-corrected chi connectivity index (χ0v) is 17.8. The highest BCUT2D eigenvalue weighted by Crippen LogP contribution is 2.26. The maximum absolute atomic E-state index is 12.5. The summed E-state index contributed by atoms with van der Waals surface area (Å²) in [4.78, 5) is 24.1. The third-order valence-electron chi connectivity index (χ3n) is 4.39. The van der Waals surface area contributed by atoms with Gasteiger partial charge >= 0.3 is 6.36 Å². The second-order valence-electron chi connectivity index (χ2n) is 6.95. The lowest BCUT2D eigenvalue weighted by atomic mass is 10.2. The molecule has 0 radical (unpaired) electrons. The lowest BCUT2D eigenvalue weighted by Gasteiger charge is -2.13. The number of rotatable bonds is 7. The molecule has 3 aromatic rings. The predicted molar refractivity (Wildman–Crippen MR) is 121 cm³/mol. The molecule has 0 atom stereocenters. The van der Waals surface area contributed by atoms with Crippen molar-refractivity contribution in [2.45, 2.75) is 12.9 Å². The number of amides is 2. The van der Waals surface area contributed by atoms with Crippen LogP contribution < -0.4 is 20.7 Å². The van der Waals surface area contributed by atoms with Gasteiger partial charge in [0.05, 0.1) is 6.54 Å². The molecular weight excluding hydrogens is 447 g/mol. The molecular formula is C25H20F3N3O3. The van der Waals surface area contributed by atoms with Crippen LogP contribution in [0.25, 0.3) is 0 Å². The number of alkyl halides is 3. The molecule has 0 spiro atoms. The first-order valence-corrected chi connectivity index (χ1v) is 10.1. The van der Waals surface area contributed by atoms with E-state index in [4.69, 9.17) is 0 Å². The summed E-state index contributed by atoms with van der Waals surface area (Å²) in [7, 11) is 0. The van der Waals surface area contributed by atoms with Gasteiger partial charge in [-0.2, -0.15) is 0 Å². The van der Waals surface area contributed by atoms with Gasteiger partial charge in [-0.3, -0.25) is 14.9 Å². The number of carbonyl (C=O) groups is 2. The topological polar surface area (TPSA) is 79.5 Å². The number of hydrogen-bond acceptors (Lipinski definition) is 4. The number of para-hydroxylation sites is 1. The van der Waals surface area contributed by atoms with Gasteiger partial charge in [0.1, 0.15) is 5.75 Å². The number of ether oxygens (including phenoxy) is 1. The maximum atomic E-state index is 12.5. The minimum Gasteiger partial charge on any atom is -0.405 e. The van der Waals surface area contributed by atoms with Crippen LogP contribution in [0.1, 0.15) is 21.5 Å². The molecule has 3 N–H and O–H groups in total. The Kier molecular flexibility index (Phi) is 8.26. The summed E-state index contributed by atoms with van der Waals surface area (Å²) >= 11 is 0. The molecule has 0 saturated heterocycles. The molecule has 0 aliphatic carbocycles. The molecule has 0 unspecified atom stereocenters. The van der Waals surface area contributed by atoms with Crippen molar-refractivity contribution in [3.8, 4) is 17.7 Å². The monoisotopic (exact) mass is 467 g/mol. The number of halogens is 3. The fourth-order valence-electron chi connectivity index (χ4n) is 2.85.